The van der Waals surface area contributed by atoms with E-state index in [0.717, 1.165) is 37.2 Å². The summed E-state index contributed by atoms with van der Waals surface area (Å²) < 4.78 is 12.1. The molecule has 0 unspecified atom stereocenters. The molecular weight excluding hydrogens is 332 g/mol. The molecular formula is C25H24O2. The molecule has 0 amide bonds. The Morgan fingerprint density at radius 3 is 2.30 bits per heavy atom. The molecule has 0 radical (unpaired) electrons. The lowest BCUT2D eigenvalue weighted by Gasteiger charge is -2.20. The molecule has 0 atom stereocenters. The number of ether oxygens (including phenoxy) is 2. The lowest BCUT2D eigenvalue weighted by molar-refractivity contribution is 0.300. The van der Waals surface area contributed by atoms with Crippen LogP contribution in [-0.2, 0) is 25.9 Å². The largest absolute Gasteiger partial charge is 0.488 e. The van der Waals surface area contributed by atoms with E-state index in [-0.39, 0.29) is 0 Å². The minimum Gasteiger partial charge on any atom is -0.488 e. The van der Waals surface area contributed by atoms with Crippen LogP contribution in [0.15, 0.2) is 85.1 Å². The second-order valence-electron chi connectivity index (χ2n) is 6.84. The first-order valence-corrected chi connectivity index (χ1v) is 9.57. The number of hydrogen-bond donors (Lipinski definition) is 0. The van der Waals surface area contributed by atoms with Gasteiger partial charge in [0.25, 0.3) is 0 Å². The van der Waals surface area contributed by atoms with Crippen LogP contribution in [-0.4, -0.2) is 0 Å². The molecule has 1 aliphatic rings. The number of allylic oxidation sites excluding steroid dienone is 1. The Kier molecular flexibility index (Phi) is 5.54. The molecule has 2 heteroatoms. The van der Waals surface area contributed by atoms with Crippen molar-refractivity contribution in [2.45, 2.75) is 32.3 Å². The average Bonchev–Trinajstić information content (AvgIpc) is 2.74. The van der Waals surface area contributed by atoms with E-state index in [1.807, 2.05) is 18.2 Å². The van der Waals surface area contributed by atoms with Gasteiger partial charge in [0.05, 0.1) is 6.26 Å². The second kappa shape index (κ2) is 8.59. The van der Waals surface area contributed by atoms with Gasteiger partial charge in [-0.25, -0.2) is 0 Å². The van der Waals surface area contributed by atoms with Gasteiger partial charge in [-0.2, -0.15) is 0 Å². The molecule has 27 heavy (non-hydrogen) atoms. The lowest BCUT2D eigenvalue weighted by atomic mass is 9.98. The van der Waals surface area contributed by atoms with E-state index < -0.39 is 0 Å². The van der Waals surface area contributed by atoms with Gasteiger partial charge in [-0.3, -0.25) is 0 Å². The highest BCUT2D eigenvalue weighted by molar-refractivity contribution is 5.52. The summed E-state index contributed by atoms with van der Waals surface area (Å²) in [7, 11) is 0. The Bertz CT molecular complexity index is 898. The molecule has 0 N–H and O–H groups in total. The number of rotatable bonds is 7. The topological polar surface area (TPSA) is 18.5 Å². The molecule has 0 saturated carbocycles. The Hall–Kier alpha value is -3.00. The molecule has 0 aromatic heterocycles. The van der Waals surface area contributed by atoms with Crippen LogP contribution in [0, 0.1) is 0 Å². The maximum atomic E-state index is 6.19. The van der Waals surface area contributed by atoms with Gasteiger partial charge in [0.15, 0.2) is 0 Å². The van der Waals surface area contributed by atoms with Crippen LogP contribution >= 0.6 is 0 Å². The highest BCUT2D eigenvalue weighted by Gasteiger charge is 2.17. The van der Waals surface area contributed by atoms with Crippen molar-refractivity contribution in [2.75, 3.05) is 0 Å². The molecule has 136 valence electrons. The van der Waals surface area contributed by atoms with Crippen molar-refractivity contribution in [1.29, 1.82) is 0 Å². The van der Waals surface area contributed by atoms with Crippen LogP contribution in [0.1, 0.15) is 28.7 Å². The summed E-state index contributed by atoms with van der Waals surface area (Å²) in [6.45, 7) is 0.571. The van der Waals surface area contributed by atoms with E-state index in [2.05, 4.69) is 60.7 Å². The third-order valence-corrected chi connectivity index (χ3v) is 4.89. The molecule has 2 nitrogen and oxygen atoms in total. The van der Waals surface area contributed by atoms with E-state index in [9.17, 15) is 0 Å². The first-order chi connectivity index (χ1) is 13.4. The Morgan fingerprint density at radius 1 is 0.778 bits per heavy atom. The Labute approximate surface area is 161 Å². The van der Waals surface area contributed by atoms with Gasteiger partial charge in [-0.15, -0.1) is 0 Å². The predicted octanol–water partition coefficient (Wildman–Crippen LogP) is 5.89. The SMILES string of the molecule is C1=COc2c(ccc(OCc3ccccc3)c2CCCc2ccccc2)C1. The molecule has 0 spiro atoms. The molecule has 0 saturated heterocycles. The van der Waals surface area contributed by atoms with Crippen LogP contribution in [0.5, 0.6) is 11.5 Å². The third kappa shape index (κ3) is 4.40. The van der Waals surface area contributed by atoms with Crippen molar-refractivity contribution < 1.29 is 9.47 Å². The molecule has 0 aliphatic carbocycles. The molecule has 0 bridgehead atoms. The Morgan fingerprint density at radius 2 is 1.52 bits per heavy atom. The molecule has 3 aromatic rings. The quantitative estimate of drug-likeness (QED) is 0.525. The summed E-state index contributed by atoms with van der Waals surface area (Å²) in [5, 5.41) is 0. The van der Waals surface area contributed by atoms with Crippen molar-refractivity contribution in [3.8, 4) is 11.5 Å². The molecule has 1 heterocycles. The van der Waals surface area contributed by atoms with E-state index in [0.29, 0.717) is 6.61 Å². The van der Waals surface area contributed by atoms with Crippen molar-refractivity contribution >= 4 is 0 Å². The van der Waals surface area contributed by atoms with Gasteiger partial charge in [0.1, 0.15) is 18.1 Å². The van der Waals surface area contributed by atoms with Gasteiger partial charge >= 0.3 is 0 Å². The number of hydrogen-bond acceptors (Lipinski definition) is 2. The third-order valence-electron chi connectivity index (χ3n) is 4.89. The number of benzene rings is 3. The van der Waals surface area contributed by atoms with E-state index in [4.69, 9.17) is 9.47 Å². The van der Waals surface area contributed by atoms with E-state index in [1.165, 1.54) is 22.3 Å². The van der Waals surface area contributed by atoms with Crippen molar-refractivity contribution in [1.82, 2.24) is 0 Å². The fraction of sp³-hybridized carbons (Fsp3) is 0.200. The summed E-state index contributed by atoms with van der Waals surface area (Å²) in [6, 6.07) is 25.1. The zero-order valence-electron chi connectivity index (χ0n) is 15.4. The second-order valence-corrected chi connectivity index (χ2v) is 6.84. The van der Waals surface area contributed by atoms with Crippen LogP contribution in [0.3, 0.4) is 0 Å². The zero-order chi connectivity index (χ0) is 18.3. The summed E-state index contributed by atoms with van der Waals surface area (Å²) in [5.74, 6) is 1.91. The highest BCUT2D eigenvalue weighted by atomic mass is 16.5. The normalized spacial score (nSPS) is 12.3. The maximum Gasteiger partial charge on any atom is 0.136 e. The molecule has 3 aromatic carbocycles. The first kappa shape index (κ1) is 17.4. The minimum atomic E-state index is 0.571. The monoisotopic (exact) mass is 356 g/mol. The molecule has 1 aliphatic heterocycles. The van der Waals surface area contributed by atoms with Gasteiger partial charge in [-0.1, -0.05) is 66.7 Å². The van der Waals surface area contributed by atoms with E-state index in [1.54, 1.807) is 6.26 Å². The predicted molar refractivity (Wildman–Crippen MR) is 109 cm³/mol. The number of aryl methyl sites for hydroxylation is 1. The fourth-order valence-corrected chi connectivity index (χ4v) is 3.48. The summed E-state index contributed by atoms with van der Waals surface area (Å²) in [6.07, 6.45) is 7.83. The summed E-state index contributed by atoms with van der Waals surface area (Å²) in [4.78, 5) is 0. The molecule has 4 rings (SSSR count). The van der Waals surface area contributed by atoms with E-state index >= 15 is 0 Å². The van der Waals surface area contributed by atoms with Gasteiger partial charge < -0.3 is 9.47 Å². The van der Waals surface area contributed by atoms with Crippen molar-refractivity contribution in [2.24, 2.45) is 0 Å². The van der Waals surface area contributed by atoms with Crippen LogP contribution in [0.4, 0.5) is 0 Å². The summed E-state index contributed by atoms with van der Waals surface area (Å²) >= 11 is 0. The standard InChI is InChI=1S/C25H24O2/c1-3-9-20(10-4-1)13-7-15-23-24(27-19-21-11-5-2-6-12-21)17-16-22-14-8-18-26-25(22)23/h1-6,8-12,16-18H,7,13-15,19H2. The smallest absolute Gasteiger partial charge is 0.136 e. The van der Waals surface area contributed by atoms with Crippen molar-refractivity contribution in [3.63, 3.8) is 0 Å². The average molecular weight is 356 g/mol. The van der Waals surface area contributed by atoms with Gasteiger partial charge in [0, 0.05) is 5.56 Å². The summed E-state index contributed by atoms with van der Waals surface area (Å²) in [5.41, 5.74) is 4.96. The van der Waals surface area contributed by atoms with Crippen LogP contribution < -0.4 is 9.47 Å². The molecule has 0 fully saturated rings. The highest BCUT2D eigenvalue weighted by Crippen LogP contribution is 2.36. The van der Waals surface area contributed by atoms with Gasteiger partial charge in [0.2, 0.25) is 0 Å². The van der Waals surface area contributed by atoms with Crippen LogP contribution in [0.25, 0.3) is 0 Å². The van der Waals surface area contributed by atoms with Crippen molar-refractivity contribution in [3.05, 3.63) is 107 Å². The zero-order valence-corrected chi connectivity index (χ0v) is 15.4. The van der Waals surface area contributed by atoms with Crippen LogP contribution in [0.2, 0.25) is 0 Å². The fourth-order valence-electron chi connectivity index (χ4n) is 3.48. The first-order valence-electron chi connectivity index (χ1n) is 9.57. The lowest BCUT2D eigenvalue weighted by Crippen LogP contribution is -2.05. The minimum absolute atomic E-state index is 0.571. The Balaban J connectivity index is 1.51. The maximum absolute atomic E-state index is 6.19. The number of fused-ring (bicyclic) bond motifs is 1. The van der Waals surface area contributed by atoms with Gasteiger partial charge in [-0.05, 0) is 54.5 Å².